The van der Waals surface area contributed by atoms with Crippen molar-refractivity contribution in [1.82, 2.24) is 4.90 Å². The van der Waals surface area contributed by atoms with E-state index in [1.54, 1.807) is 12.1 Å². The summed E-state index contributed by atoms with van der Waals surface area (Å²) < 4.78 is 25.2. The van der Waals surface area contributed by atoms with Crippen LogP contribution in [0.15, 0.2) is 24.3 Å². The third-order valence-corrected chi connectivity index (χ3v) is 4.03. The topological polar surface area (TPSA) is 29.3 Å². The number of hydrogen-bond donors (Lipinski definition) is 1. The highest BCUT2D eigenvalue weighted by Crippen LogP contribution is 2.34. The average molecular weight is 282 g/mol. The van der Waals surface area contributed by atoms with Crippen molar-refractivity contribution in [3.05, 3.63) is 35.4 Å². The number of nitrogens with zero attached hydrogens (tertiary/aromatic N) is 1. The zero-order valence-corrected chi connectivity index (χ0v) is 12.2. The minimum absolute atomic E-state index is 0.0720. The summed E-state index contributed by atoms with van der Waals surface area (Å²) in [6, 6.07) is 7.13. The van der Waals surface area contributed by atoms with Gasteiger partial charge in [0.05, 0.1) is 0 Å². The molecule has 0 spiro atoms. The van der Waals surface area contributed by atoms with Gasteiger partial charge in [-0.25, -0.2) is 8.78 Å². The normalized spacial score (nSPS) is 17.2. The van der Waals surface area contributed by atoms with E-state index in [9.17, 15) is 8.78 Å². The Labute approximate surface area is 120 Å². The van der Waals surface area contributed by atoms with Crippen LogP contribution in [0, 0.1) is 5.92 Å². The first kappa shape index (κ1) is 15.4. The van der Waals surface area contributed by atoms with Crippen LogP contribution in [0.2, 0.25) is 0 Å². The molecule has 1 saturated carbocycles. The minimum atomic E-state index is -2.41. The fraction of sp³-hybridized carbons (Fsp3) is 0.625. The molecule has 0 amide bonds. The summed E-state index contributed by atoms with van der Waals surface area (Å²) in [5, 5.41) is 0. The maximum Gasteiger partial charge on any atom is 0.263 e. The van der Waals surface area contributed by atoms with Gasteiger partial charge in [-0.05, 0) is 38.2 Å². The molecule has 4 heteroatoms. The van der Waals surface area contributed by atoms with Crippen molar-refractivity contribution in [3.63, 3.8) is 0 Å². The Hall–Kier alpha value is -1.00. The minimum Gasteiger partial charge on any atom is -0.329 e. The highest BCUT2D eigenvalue weighted by Gasteiger charge is 2.29. The number of hydrogen-bond acceptors (Lipinski definition) is 2. The van der Waals surface area contributed by atoms with Gasteiger partial charge in [0.1, 0.15) is 0 Å². The monoisotopic (exact) mass is 282 g/mol. The Morgan fingerprint density at radius 3 is 2.10 bits per heavy atom. The number of halogens is 2. The highest BCUT2D eigenvalue weighted by atomic mass is 19.3. The van der Waals surface area contributed by atoms with Crippen LogP contribution in [0.1, 0.15) is 50.3 Å². The summed E-state index contributed by atoms with van der Waals surface area (Å²) in [5.41, 5.74) is 7.05. The molecule has 0 saturated heterocycles. The van der Waals surface area contributed by atoms with Gasteiger partial charge in [-0.3, -0.25) is 4.90 Å². The van der Waals surface area contributed by atoms with Crippen molar-refractivity contribution < 1.29 is 8.78 Å². The first-order valence-corrected chi connectivity index (χ1v) is 7.36. The van der Waals surface area contributed by atoms with Crippen molar-refractivity contribution in [2.24, 2.45) is 11.7 Å². The lowest BCUT2D eigenvalue weighted by atomic mass is 10.0. The molecule has 1 aliphatic rings. The molecular weight excluding hydrogens is 258 g/mol. The van der Waals surface area contributed by atoms with E-state index in [1.807, 2.05) is 0 Å². The van der Waals surface area contributed by atoms with Gasteiger partial charge in [0.25, 0.3) is 6.43 Å². The van der Waals surface area contributed by atoms with Crippen LogP contribution in [-0.2, 0) is 0 Å². The Kier molecular flexibility index (Phi) is 5.11. The summed E-state index contributed by atoms with van der Waals surface area (Å²) in [6.45, 7) is 5.90. The summed E-state index contributed by atoms with van der Waals surface area (Å²) >= 11 is 0. The van der Waals surface area contributed by atoms with Crippen molar-refractivity contribution in [2.75, 3.05) is 13.1 Å². The van der Waals surface area contributed by atoms with Gasteiger partial charge >= 0.3 is 0 Å². The van der Waals surface area contributed by atoms with Gasteiger partial charge in [-0.15, -0.1) is 0 Å². The van der Waals surface area contributed by atoms with E-state index in [1.165, 1.54) is 25.0 Å². The van der Waals surface area contributed by atoms with E-state index in [-0.39, 0.29) is 11.6 Å². The second kappa shape index (κ2) is 6.64. The Morgan fingerprint density at radius 1 is 1.15 bits per heavy atom. The Bertz CT molecular complexity index is 413. The third kappa shape index (κ3) is 3.76. The van der Waals surface area contributed by atoms with Gasteiger partial charge in [0.2, 0.25) is 0 Å². The molecule has 0 aromatic heterocycles. The maximum absolute atomic E-state index is 12.6. The van der Waals surface area contributed by atoms with Crippen molar-refractivity contribution in [2.45, 2.75) is 45.2 Å². The summed E-state index contributed by atoms with van der Waals surface area (Å²) in [7, 11) is 0. The predicted molar refractivity (Wildman–Crippen MR) is 77.8 cm³/mol. The molecule has 1 fully saturated rings. The smallest absolute Gasteiger partial charge is 0.263 e. The van der Waals surface area contributed by atoms with E-state index in [0.717, 1.165) is 18.0 Å². The van der Waals surface area contributed by atoms with Crippen LogP contribution in [0.4, 0.5) is 8.78 Å². The third-order valence-electron chi connectivity index (χ3n) is 4.03. The standard InChI is InChI=1S/C16H24F2N2/c1-11(2)20(10-12-3-4-12)15(9-19)13-5-7-14(8-6-13)16(17)18/h5-8,11-12,15-16H,3-4,9-10,19H2,1-2H3. The van der Waals surface area contributed by atoms with Crippen LogP contribution < -0.4 is 5.73 Å². The zero-order chi connectivity index (χ0) is 14.7. The molecule has 112 valence electrons. The lowest BCUT2D eigenvalue weighted by Crippen LogP contribution is -2.40. The average Bonchev–Trinajstić information content (AvgIpc) is 3.23. The number of nitrogens with two attached hydrogens (primary N) is 1. The molecule has 1 aliphatic carbocycles. The first-order chi connectivity index (χ1) is 9.52. The molecule has 0 bridgehead atoms. The zero-order valence-electron chi connectivity index (χ0n) is 12.2. The molecule has 2 rings (SSSR count). The van der Waals surface area contributed by atoms with E-state index < -0.39 is 6.43 Å². The molecule has 1 atom stereocenters. The number of alkyl halides is 2. The Balaban J connectivity index is 2.15. The highest BCUT2D eigenvalue weighted by molar-refractivity contribution is 5.26. The molecule has 2 nitrogen and oxygen atoms in total. The predicted octanol–water partition coefficient (Wildman–Crippen LogP) is 3.74. The van der Waals surface area contributed by atoms with Crippen LogP contribution in [0.25, 0.3) is 0 Å². The van der Waals surface area contributed by atoms with Gasteiger partial charge in [0, 0.05) is 30.7 Å². The molecular formula is C16H24F2N2. The molecule has 0 radical (unpaired) electrons. The number of benzene rings is 1. The van der Waals surface area contributed by atoms with Gasteiger partial charge < -0.3 is 5.73 Å². The van der Waals surface area contributed by atoms with E-state index >= 15 is 0 Å². The fourth-order valence-electron chi connectivity index (χ4n) is 2.62. The summed E-state index contributed by atoms with van der Waals surface area (Å²) in [5.74, 6) is 0.784. The quantitative estimate of drug-likeness (QED) is 0.825. The largest absolute Gasteiger partial charge is 0.329 e. The van der Waals surface area contributed by atoms with Crippen molar-refractivity contribution in [1.29, 1.82) is 0 Å². The molecule has 2 N–H and O–H groups in total. The second-order valence-electron chi connectivity index (χ2n) is 5.95. The van der Waals surface area contributed by atoms with Crippen molar-refractivity contribution in [3.8, 4) is 0 Å². The molecule has 0 aliphatic heterocycles. The van der Waals surface area contributed by atoms with Gasteiger partial charge in [-0.1, -0.05) is 24.3 Å². The number of rotatable bonds is 7. The fourth-order valence-corrected chi connectivity index (χ4v) is 2.62. The summed E-state index contributed by atoms with van der Waals surface area (Å²) in [4.78, 5) is 2.40. The lowest BCUT2D eigenvalue weighted by Gasteiger charge is -2.35. The molecule has 1 aromatic carbocycles. The van der Waals surface area contributed by atoms with Crippen LogP contribution in [-0.4, -0.2) is 24.0 Å². The molecule has 1 unspecified atom stereocenters. The lowest BCUT2D eigenvalue weighted by molar-refractivity contribution is 0.147. The second-order valence-corrected chi connectivity index (χ2v) is 5.95. The van der Waals surface area contributed by atoms with E-state index in [0.29, 0.717) is 12.6 Å². The molecule has 20 heavy (non-hydrogen) atoms. The van der Waals surface area contributed by atoms with Gasteiger partial charge in [0.15, 0.2) is 0 Å². The van der Waals surface area contributed by atoms with Crippen LogP contribution >= 0.6 is 0 Å². The van der Waals surface area contributed by atoms with E-state index in [4.69, 9.17) is 5.73 Å². The van der Waals surface area contributed by atoms with Crippen LogP contribution in [0.3, 0.4) is 0 Å². The SMILES string of the molecule is CC(C)N(CC1CC1)C(CN)c1ccc(C(F)F)cc1. The summed E-state index contributed by atoms with van der Waals surface area (Å²) in [6.07, 6.45) is 0.184. The Morgan fingerprint density at radius 2 is 1.70 bits per heavy atom. The maximum atomic E-state index is 12.6. The molecule has 0 heterocycles. The van der Waals surface area contributed by atoms with E-state index in [2.05, 4.69) is 18.7 Å². The van der Waals surface area contributed by atoms with Gasteiger partial charge in [-0.2, -0.15) is 0 Å². The van der Waals surface area contributed by atoms with Crippen LogP contribution in [0.5, 0.6) is 0 Å². The first-order valence-electron chi connectivity index (χ1n) is 7.36. The van der Waals surface area contributed by atoms with Crippen molar-refractivity contribution >= 4 is 0 Å². The molecule has 1 aromatic rings.